The highest BCUT2D eigenvalue weighted by atomic mass is 16.4. The highest BCUT2D eigenvalue weighted by molar-refractivity contribution is 6.11. The molecule has 2 rings (SSSR count). The molecule has 2 aliphatic heterocycles. The Bertz CT molecular complexity index is 474. The van der Waals surface area contributed by atoms with Gasteiger partial charge in [0.1, 0.15) is 0 Å². The smallest absolute Gasteiger partial charge is 0.351 e. The van der Waals surface area contributed by atoms with Crippen molar-refractivity contribution in [2.75, 3.05) is 13.2 Å². The summed E-state index contributed by atoms with van der Waals surface area (Å²) in [6, 6.07) is 0. The molecule has 0 radical (unpaired) electrons. The molecule has 0 aliphatic carbocycles. The number of aliphatic hydroxyl groups is 2. The summed E-state index contributed by atoms with van der Waals surface area (Å²) in [6.45, 7) is 0.775. The van der Waals surface area contributed by atoms with Crippen LogP contribution in [0.4, 0.5) is 0 Å². The van der Waals surface area contributed by atoms with Crippen molar-refractivity contribution in [1.82, 2.24) is 9.80 Å². The fourth-order valence-electron chi connectivity index (χ4n) is 2.42. The zero-order valence-corrected chi connectivity index (χ0v) is 12.5. The van der Waals surface area contributed by atoms with Crippen molar-refractivity contribution in [1.29, 1.82) is 0 Å². The van der Waals surface area contributed by atoms with Crippen molar-refractivity contribution < 1.29 is 39.3 Å². The topological polar surface area (TPSA) is 153 Å². The van der Waals surface area contributed by atoms with Gasteiger partial charge >= 0.3 is 5.97 Å². The van der Waals surface area contributed by atoms with Gasteiger partial charge in [0, 0.05) is 25.7 Å². The number of nitrogens with zero attached hydrogens (tertiary/aromatic N) is 2. The lowest BCUT2D eigenvalue weighted by molar-refractivity contribution is -0.180. The van der Waals surface area contributed by atoms with Gasteiger partial charge in [-0.15, -0.1) is 0 Å². The summed E-state index contributed by atoms with van der Waals surface area (Å²) in [4.78, 5) is 59.3. The number of carbonyl (C=O) groups excluding carboxylic acids is 4. The third kappa shape index (κ3) is 3.37. The molecule has 0 bridgehead atoms. The van der Waals surface area contributed by atoms with Gasteiger partial charge in [-0.3, -0.25) is 19.2 Å². The van der Waals surface area contributed by atoms with Crippen molar-refractivity contribution >= 4 is 29.6 Å². The van der Waals surface area contributed by atoms with Crippen molar-refractivity contribution in [3.8, 4) is 0 Å². The third-order valence-electron chi connectivity index (χ3n) is 3.48. The molecule has 2 fully saturated rings. The quantitative estimate of drug-likeness (QED) is 0.503. The second-order valence-corrected chi connectivity index (χ2v) is 5.02. The van der Waals surface area contributed by atoms with E-state index in [2.05, 4.69) is 0 Å². The van der Waals surface area contributed by atoms with E-state index in [1.807, 2.05) is 0 Å². The van der Waals surface area contributed by atoms with Crippen LogP contribution >= 0.6 is 0 Å². The monoisotopic (exact) mass is 330 g/mol. The molecule has 0 aromatic carbocycles. The van der Waals surface area contributed by atoms with Crippen LogP contribution in [-0.2, 0) is 24.0 Å². The number of imide groups is 2. The summed E-state index contributed by atoms with van der Waals surface area (Å²) in [5.41, 5.74) is -2.27. The Balaban J connectivity index is 0.000000593. The summed E-state index contributed by atoms with van der Waals surface area (Å²) < 4.78 is 0. The predicted molar refractivity (Wildman–Crippen MR) is 72.4 cm³/mol. The molecule has 23 heavy (non-hydrogen) atoms. The Morgan fingerprint density at radius 2 is 1.13 bits per heavy atom. The molecule has 2 saturated heterocycles. The first-order valence-corrected chi connectivity index (χ1v) is 6.88. The summed E-state index contributed by atoms with van der Waals surface area (Å²) in [5, 5.41) is 24.6. The normalized spacial score (nSPS) is 18.4. The van der Waals surface area contributed by atoms with Crippen molar-refractivity contribution in [2.45, 2.75) is 38.3 Å². The first-order valence-electron chi connectivity index (χ1n) is 6.88. The van der Waals surface area contributed by atoms with Gasteiger partial charge in [0.2, 0.25) is 29.3 Å². The number of amides is 4. The van der Waals surface area contributed by atoms with E-state index in [-0.39, 0.29) is 38.9 Å². The first kappa shape index (κ1) is 18.7. The van der Waals surface area contributed by atoms with Crippen LogP contribution in [-0.4, -0.2) is 73.6 Å². The van der Waals surface area contributed by atoms with Crippen LogP contribution in [0.3, 0.4) is 0 Å². The summed E-state index contributed by atoms with van der Waals surface area (Å²) in [6.07, 6.45) is -0.453. The average Bonchev–Trinajstić information content (AvgIpc) is 3.01. The molecule has 2 heterocycles. The number of rotatable bonds is 4. The number of carbonyl (C=O) groups is 5. The maximum absolute atomic E-state index is 11.7. The molecular weight excluding hydrogens is 312 g/mol. The predicted octanol–water partition coefficient (Wildman–Crippen LogP) is -1.94. The summed E-state index contributed by atoms with van der Waals surface area (Å²) >= 11 is 0. The Morgan fingerprint density at radius 1 is 0.870 bits per heavy atom. The van der Waals surface area contributed by atoms with Crippen LogP contribution in [0.2, 0.25) is 0 Å². The Hall–Kier alpha value is -2.33. The second kappa shape index (κ2) is 7.29. The molecule has 0 saturated carbocycles. The fraction of sp³-hybridized carbons (Fsp3) is 0.615. The molecule has 0 aromatic heterocycles. The molecule has 128 valence electrons. The van der Waals surface area contributed by atoms with Gasteiger partial charge < -0.3 is 15.3 Å². The number of hydrogen-bond acceptors (Lipinski definition) is 7. The maximum Gasteiger partial charge on any atom is 0.351 e. The van der Waals surface area contributed by atoms with E-state index in [1.165, 1.54) is 0 Å². The van der Waals surface area contributed by atoms with Crippen molar-refractivity contribution in [3.05, 3.63) is 0 Å². The van der Waals surface area contributed by atoms with E-state index in [4.69, 9.17) is 10.2 Å². The molecule has 2 aliphatic rings. The Kier molecular flexibility index (Phi) is 5.93. The Morgan fingerprint density at radius 3 is 1.30 bits per heavy atom. The first-order chi connectivity index (χ1) is 10.7. The zero-order chi connectivity index (χ0) is 17.8. The van der Waals surface area contributed by atoms with Crippen LogP contribution in [0.5, 0.6) is 0 Å². The lowest BCUT2D eigenvalue weighted by Crippen LogP contribution is -2.66. The lowest BCUT2D eigenvalue weighted by atomic mass is 10.1. The number of aliphatic hydroxyl groups excluding tert-OH is 2. The van der Waals surface area contributed by atoms with Crippen molar-refractivity contribution in [3.63, 3.8) is 0 Å². The van der Waals surface area contributed by atoms with Gasteiger partial charge in [0.05, 0.1) is 13.2 Å². The van der Waals surface area contributed by atoms with E-state index in [9.17, 15) is 29.1 Å². The van der Waals surface area contributed by atoms with Crippen LogP contribution in [0.1, 0.15) is 32.6 Å². The second-order valence-electron chi connectivity index (χ2n) is 5.02. The van der Waals surface area contributed by atoms with Crippen LogP contribution < -0.4 is 0 Å². The van der Waals surface area contributed by atoms with Crippen LogP contribution in [0.15, 0.2) is 0 Å². The van der Waals surface area contributed by atoms with E-state index < -0.39 is 35.3 Å². The highest BCUT2D eigenvalue weighted by Crippen LogP contribution is 2.31. The average molecular weight is 330 g/mol. The van der Waals surface area contributed by atoms with Gasteiger partial charge in [-0.1, -0.05) is 0 Å². The largest absolute Gasteiger partial charge is 0.478 e. The number of carboxylic acid groups (broad SMARTS) is 1. The summed E-state index contributed by atoms with van der Waals surface area (Å²) in [5.74, 6) is -4.35. The van der Waals surface area contributed by atoms with Gasteiger partial charge in [-0.05, 0) is 6.92 Å². The molecular formula is C13H18N2O8. The van der Waals surface area contributed by atoms with E-state index in [0.29, 0.717) is 9.80 Å². The standard InChI is InChI=1S/C11H12N2O6.C2H6O2/c1-11(10(18)19,12-6(14)2-3-7(12)15)13-8(16)4-5-9(13)17;3-1-2-4/h2-5H2,1H3,(H,18,19);3-4H,1-2H2. The number of aliphatic carboxylic acids is 1. The minimum atomic E-state index is -2.27. The third-order valence-corrected chi connectivity index (χ3v) is 3.48. The van der Waals surface area contributed by atoms with Crippen molar-refractivity contribution in [2.24, 2.45) is 0 Å². The van der Waals surface area contributed by atoms with Gasteiger partial charge in [0.25, 0.3) is 0 Å². The molecule has 0 atom stereocenters. The minimum absolute atomic E-state index is 0.113. The SMILES string of the molecule is CC(C(=O)O)(N1C(=O)CCC1=O)N1C(=O)CCC1=O.OCCO. The number of hydrogen-bond donors (Lipinski definition) is 3. The Labute approximate surface area is 131 Å². The minimum Gasteiger partial charge on any atom is -0.478 e. The van der Waals surface area contributed by atoms with E-state index in [0.717, 1.165) is 6.92 Å². The molecule has 10 nitrogen and oxygen atoms in total. The van der Waals surface area contributed by atoms with Gasteiger partial charge in [0.15, 0.2) is 0 Å². The molecule has 3 N–H and O–H groups in total. The highest BCUT2D eigenvalue weighted by Gasteiger charge is 2.57. The lowest BCUT2D eigenvalue weighted by Gasteiger charge is -2.39. The van der Waals surface area contributed by atoms with E-state index >= 15 is 0 Å². The van der Waals surface area contributed by atoms with E-state index in [1.54, 1.807) is 0 Å². The van der Waals surface area contributed by atoms with Gasteiger partial charge in [-0.25, -0.2) is 14.6 Å². The fourth-order valence-corrected chi connectivity index (χ4v) is 2.42. The zero-order valence-electron chi connectivity index (χ0n) is 12.5. The molecule has 0 spiro atoms. The maximum atomic E-state index is 11.7. The number of carboxylic acids is 1. The molecule has 0 unspecified atom stereocenters. The molecule has 4 amide bonds. The summed E-state index contributed by atoms with van der Waals surface area (Å²) in [7, 11) is 0. The van der Waals surface area contributed by atoms with Crippen LogP contribution in [0.25, 0.3) is 0 Å². The van der Waals surface area contributed by atoms with Gasteiger partial charge in [-0.2, -0.15) is 0 Å². The molecule has 10 heteroatoms. The van der Waals surface area contributed by atoms with Crippen LogP contribution in [0, 0.1) is 0 Å². The molecule has 0 aromatic rings. The number of likely N-dealkylation sites (tertiary alicyclic amines) is 2.